The predicted molar refractivity (Wildman–Crippen MR) is 63.4 cm³/mol. The molecule has 0 aliphatic heterocycles. The van der Waals surface area contributed by atoms with Gasteiger partial charge in [0.2, 0.25) is 11.7 Å². The summed E-state index contributed by atoms with van der Waals surface area (Å²) in [5, 5.41) is 10.5. The molecule has 0 aliphatic carbocycles. The van der Waals surface area contributed by atoms with Gasteiger partial charge in [-0.2, -0.15) is 4.39 Å². The van der Waals surface area contributed by atoms with Gasteiger partial charge < -0.3 is 9.15 Å². The van der Waals surface area contributed by atoms with E-state index in [4.69, 9.17) is 9.15 Å². The minimum Gasteiger partial charge on any atom is -0.484 e. The first-order valence-electron chi connectivity index (χ1n) is 5.47. The highest BCUT2D eigenvalue weighted by Crippen LogP contribution is 2.23. The highest BCUT2D eigenvalue weighted by molar-refractivity contribution is 5.37. The Balaban J connectivity index is 2.08. The zero-order valence-corrected chi connectivity index (χ0v) is 10.3. The summed E-state index contributed by atoms with van der Waals surface area (Å²) in [5.74, 6) is 0.293. The van der Waals surface area contributed by atoms with E-state index in [1.807, 2.05) is 0 Å². The topological polar surface area (TPSA) is 78.4 Å². The number of hydrogen-bond donors (Lipinski definition) is 0. The fraction of sp³-hybridized carbons (Fsp3) is 0.250. The number of halogens is 1. The maximum Gasteiger partial charge on any atom is 0.305 e. The van der Waals surface area contributed by atoms with Crippen LogP contribution in [0.25, 0.3) is 0 Å². The van der Waals surface area contributed by atoms with E-state index in [0.29, 0.717) is 11.7 Å². The second-order valence-corrected chi connectivity index (χ2v) is 3.91. The quantitative estimate of drug-likeness (QED) is 0.628. The number of nitro groups is 1. The lowest BCUT2D eigenvalue weighted by Gasteiger charge is -2.03. The van der Waals surface area contributed by atoms with Crippen molar-refractivity contribution in [2.75, 3.05) is 0 Å². The van der Waals surface area contributed by atoms with Crippen molar-refractivity contribution in [1.82, 2.24) is 4.98 Å². The molecule has 0 amide bonds. The summed E-state index contributed by atoms with van der Waals surface area (Å²) in [6.45, 7) is 3.61. The van der Waals surface area contributed by atoms with Crippen LogP contribution in [0, 0.1) is 29.8 Å². The molecule has 0 N–H and O–H groups in total. The first-order valence-corrected chi connectivity index (χ1v) is 5.47. The number of ether oxygens (including phenoxy) is 1. The molecule has 100 valence electrons. The normalized spacial score (nSPS) is 10.5. The molecule has 0 bridgehead atoms. The molecular weight excluding hydrogens is 255 g/mol. The smallest absolute Gasteiger partial charge is 0.305 e. The number of hydrogen-bond acceptors (Lipinski definition) is 5. The molecule has 0 fully saturated rings. The summed E-state index contributed by atoms with van der Waals surface area (Å²) in [4.78, 5) is 13.8. The van der Waals surface area contributed by atoms with Gasteiger partial charge in [-0.15, -0.1) is 0 Å². The summed E-state index contributed by atoms with van der Waals surface area (Å²) in [7, 11) is 0. The van der Waals surface area contributed by atoms with Gasteiger partial charge >= 0.3 is 5.69 Å². The van der Waals surface area contributed by atoms with Crippen LogP contribution in [0.5, 0.6) is 5.75 Å². The maximum atomic E-state index is 13.3. The Morgan fingerprint density at radius 3 is 2.74 bits per heavy atom. The molecule has 0 radical (unpaired) electrons. The van der Waals surface area contributed by atoms with E-state index in [9.17, 15) is 14.5 Å². The second-order valence-electron chi connectivity index (χ2n) is 3.91. The van der Waals surface area contributed by atoms with Crippen molar-refractivity contribution in [3.05, 3.63) is 51.5 Å². The van der Waals surface area contributed by atoms with Crippen LogP contribution in [0.3, 0.4) is 0 Å². The van der Waals surface area contributed by atoms with E-state index in [1.165, 1.54) is 6.07 Å². The van der Waals surface area contributed by atoms with Crippen molar-refractivity contribution >= 4 is 5.69 Å². The number of oxazole rings is 1. The molecule has 0 atom stereocenters. The summed E-state index contributed by atoms with van der Waals surface area (Å²) >= 11 is 0. The van der Waals surface area contributed by atoms with E-state index in [-0.39, 0.29) is 12.4 Å². The summed E-state index contributed by atoms with van der Waals surface area (Å²) in [6.07, 6.45) is 0. The second kappa shape index (κ2) is 5.05. The SMILES string of the molecule is Cc1nc(COc2ccc([N+](=O)[O-])c(F)c2)oc1C. The molecule has 19 heavy (non-hydrogen) atoms. The molecule has 1 aromatic heterocycles. The molecule has 1 aromatic carbocycles. The Bertz CT molecular complexity index is 605. The maximum absolute atomic E-state index is 13.3. The monoisotopic (exact) mass is 266 g/mol. The Morgan fingerprint density at radius 2 is 2.21 bits per heavy atom. The molecule has 0 spiro atoms. The molecule has 6 nitrogen and oxygen atoms in total. The largest absolute Gasteiger partial charge is 0.484 e. The van der Waals surface area contributed by atoms with Crippen molar-refractivity contribution in [3.8, 4) is 5.75 Å². The molecule has 2 rings (SSSR count). The minimum absolute atomic E-state index is 0.0337. The molecule has 0 saturated heterocycles. The predicted octanol–water partition coefficient (Wildman–Crippen LogP) is 2.92. The van der Waals surface area contributed by atoms with Gasteiger partial charge in [-0.3, -0.25) is 10.1 Å². The highest BCUT2D eigenvalue weighted by atomic mass is 19.1. The summed E-state index contributed by atoms with van der Waals surface area (Å²) < 4.78 is 23.9. The van der Waals surface area contributed by atoms with Gasteiger partial charge in [0, 0.05) is 12.1 Å². The van der Waals surface area contributed by atoms with E-state index in [0.717, 1.165) is 17.8 Å². The number of benzene rings is 1. The van der Waals surface area contributed by atoms with Crippen molar-refractivity contribution in [2.24, 2.45) is 0 Å². The van der Waals surface area contributed by atoms with E-state index in [1.54, 1.807) is 13.8 Å². The van der Waals surface area contributed by atoms with Crippen molar-refractivity contribution in [2.45, 2.75) is 20.5 Å². The van der Waals surface area contributed by atoms with Crippen LogP contribution in [0.1, 0.15) is 17.3 Å². The fourth-order valence-electron chi connectivity index (χ4n) is 1.47. The van der Waals surface area contributed by atoms with E-state index < -0.39 is 16.4 Å². The van der Waals surface area contributed by atoms with Crippen molar-refractivity contribution in [3.63, 3.8) is 0 Å². The fourth-order valence-corrected chi connectivity index (χ4v) is 1.47. The third kappa shape index (κ3) is 2.87. The number of aryl methyl sites for hydroxylation is 2. The zero-order chi connectivity index (χ0) is 14.0. The molecular formula is C12H11FN2O4. The van der Waals surface area contributed by atoms with Crippen LogP contribution >= 0.6 is 0 Å². The number of nitrogens with zero attached hydrogens (tertiary/aromatic N) is 2. The summed E-state index contributed by atoms with van der Waals surface area (Å²) in [5.41, 5.74) is 0.170. The Hall–Kier alpha value is -2.44. The van der Waals surface area contributed by atoms with Crippen LogP contribution in [-0.4, -0.2) is 9.91 Å². The first kappa shape index (κ1) is 13.0. The van der Waals surface area contributed by atoms with Gasteiger partial charge in [0.15, 0.2) is 6.61 Å². The van der Waals surface area contributed by atoms with Gasteiger partial charge in [-0.05, 0) is 19.9 Å². The zero-order valence-electron chi connectivity index (χ0n) is 10.3. The highest BCUT2D eigenvalue weighted by Gasteiger charge is 2.14. The number of aromatic nitrogens is 1. The minimum atomic E-state index is -0.942. The van der Waals surface area contributed by atoms with Crippen LogP contribution in [0.2, 0.25) is 0 Å². The summed E-state index contributed by atoms with van der Waals surface area (Å²) in [6, 6.07) is 3.33. The van der Waals surface area contributed by atoms with Crippen LogP contribution < -0.4 is 4.74 Å². The third-order valence-electron chi connectivity index (χ3n) is 2.55. The third-order valence-corrected chi connectivity index (χ3v) is 2.55. The van der Waals surface area contributed by atoms with Gasteiger partial charge in [0.25, 0.3) is 0 Å². The van der Waals surface area contributed by atoms with Gasteiger partial charge in [-0.1, -0.05) is 0 Å². The molecule has 2 aromatic rings. The molecule has 1 heterocycles. The molecule has 0 saturated carbocycles. The van der Waals surface area contributed by atoms with E-state index in [2.05, 4.69) is 4.98 Å². The average Bonchev–Trinajstić information content (AvgIpc) is 2.66. The van der Waals surface area contributed by atoms with E-state index >= 15 is 0 Å². The Morgan fingerprint density at radius 1 is 1.47 bits per heavy atom. The molecule has 0 unspecified atom stereocenters. The van der Waals surface area contributed by atoms with Crippen molar-refractivity contribution < 1.29 is 18.5 Å². The molecule has 0 aliphatic rings. The average molecular weight is 266 g/mol. The van der Waals surface area contributed by atoms with Gasteiger partial charge in [-0.25, -0.2) is 4.98 Å². The first-order chi connectivity index (χ1) is 8.97. The van der Waals surface area contributed by atoms with Gasteiger partial charge in [0.1, 0.15) is 11.5 Å². The lowest BCUT2D eigenvalue weighted by atomic mass is 10.3. The van der Waals surface area contributed by atoms with Crippen molar-refractivity contribution in [1.29, 1.82) is 0 Å². The Kier molecular flexibility index (Phi) is 3.46. The van der Waals surface area contributed by atoms with Crippen LogP contribution in [0.4, 0.5) is 10.1 Å². The number of nitro benzene ring substituents is 1. The Labute approximate surface area is 108 Å². The number of rotatable bonds is 4. The lowest BCUT2D eigenvalue weighted by molar-refractivity contribution is -0.387. The molecule has 7 heteroatoms. The lowest BCUT2D eigenvalue weighted by Crippen LogP contribution is -1.98. The van der Waals surface area contributed by atoms with Crippen LogP contribution in [-0.2, 0) is 6.61 Å². The van der Waals surface area contributed by atoms with Crippen LogP contribution in [0.15, 0.2) is 22.6 Å². The van der Waals surface area contributed by atoms with Gasteiger partial charge in [0.05, 0.1) is 10.6 Å². The standard InChI is InChI=1S/C12H11FN2O4/c1-7-8(2)19-12(14-7)6-18-9-3-4-11(15(16)17)10(13)5-9/h3-5H,6H2,1-2H3.